The predicted molar refractivity (Wildman–Crippen MR) is 118 cm³/mol. The predicted octanol–water partition coefficient (Wildman–Crippen LogP) is 2.44. The Morgan fingerprint density at radius 1 is 1.19 bits per heavy atom. The van der Waals surface area contributed by atoms with Crippen LogP contribution in [0, 0.1) is 0 Å². The van der Waals surface area contributed by atoms with E-state index in [1.807, 2.05) is 33.9 Å². The normalized spacial score (nSPS) is 18.1. The molecular formula is C21H34N4OS. The molecule has 1 unspecified atom stereocenters. The molecular weight excluding hydrogens is 356 g/mol. The molecule has 150 valence electrons. The number of nitrogens with zero attached hydrogens (tertiary/aromatic N) is 3. The highest BCUT2D eigenvalue weighted by Crippen LogP contribution is 2.10. The highest BCUT2D eigenvalue weighted by molar-refractivity contribution is 7.86. The molecule has 27 heavy (non-hydrogen) atoms. The molecule has 1 N–H and O–H groups in total. The minimum atomic E-state index is -0.838. The standard InChI is InChI=1S/C21H34N4OS/c1-21(2,3)27(26)18-12-23-20(22-4)25-16-14-24(15-17-25)13-8-11-19-9-6-5-7-10-19/h5-11H,12-18H2,1-4H3,(H,22,23)/b11-8+. The molecule has 1 aliphatic heterocycles. The van der Waals surface area contributed by atoms with Crippen molar-refractivity contribution in [1.29, 1.82) is 0 Å². The summed E-state index contributed by atoms with van der Waals surface area (Å²) in [4.78, 5) is 9.14. The zero-order valence-corrected chi connectivity index (χ0v) is 18.0. The van der Waals surface area contributed by atoms with E-state index in [9.17, 15) is 4.21 Å². The third kappa shape index (κ3) is 7.46. The molecule has 1 aliphatic rings. The van der Waals surface area contributed by atoms with Crippen molar-refractivity contribution >= 4 is 22.8 Å². The maximum absolute atomic E-state index is 12.2. The Kier molecular flexibility index (Phi) is 8.51. The summed E-state index contributed by atoms with van der Waals surface area (Å²) in [5, 5.41) is 3.37. The van der Waals surface area contributed by atoms with Gasteiger partial charge in [0.1, 0.15) is 0 Å². The molecule has 0 spiro atoms. The second kappa shape index (κ2) is 10.6. The van der Waals surface area contributed by atoms with Gasteiger partial charge in [-0.1, -0.05) is 42.5 Å². The summed E-state index contributed by atoms with van der Waals surface area (Å²) in [7, 11) is 0.980. The number of piperazine rings is 1. The molecule has 1 aromatic carbocycles. The van der Waals surface area contributed by atoms with Crippen LogP contribution in [0.15, 0.2) is 41.4 Å². The van der Waals surface area contributed by atoms with E-state index in [0.717, 1.165) is 38.7 Å². The van der Waals surface area contributed by atoms with Gasteiger partial charge in [0.25, 0.3) is 0 Å². The first-order valence-corrected chi connectivity index (χ1v) is 11.0. The van der Waals surface area contributed by atoms with Crippen molar-refractivity contribution < 1.29 is 4.21 Å². The Labute approximate surface area is 167 Å². The summed E-state index contributed by atoms with van der Waals surface area (Å²) in [5.74, 6) is 1.56. The van der Waals surface area contributed by atoms with Crippen LogP contribution in [0.1, 0.15) is 26.3 Å². The van der Waals surface area contributed by atoms with Gasteiger partial charge in [0.05, 0.1) is 0 Å². The van der Waals surface area contributed by atoms with Gasteiger partial charge in [0, 0.05) is 67.6 Å². The van der Waals surface area contributed by atoms with E-state index in [1.165, 1.54) is 5.56 Å². The lowest BCUT2D eigenvalue weighted by Gasteiger charge is -2.36. The number of rotatable bonds is 6. The van der Waals surface area contributed by atoms with Gasteiger partial charge in [-0.25, -0.2) is 0 Å². The Hall–Kier alpha value is -1.66. The highest BCUT2D eigenvalue weighted by atomic mass is 32.2. The topological polar surface area (TPSA) is 47.9 Å². The maximum atomic E-state index is 12.2. The number of benzene rings is 1. The van der Waals surface area contributed by atoms with Gasteiger partial charge < -0.3 is 10.2 Å². The van der Waals surface area contributed by atoms with Gasteiger partial charge in [-0.2, -0.15) is 0 Å². The van der Waals surface area contributed by atoms with E-state index in [-0.39, 0.29) is 4.75 Å². The molecule has 1 atom stereocenters. The Morgan fingerprint density at radius 2 is 1.85 bits per heavy atom. The third-order valence-electron chi connectivity index (χ3n) is 4.61. The first-order chi connectivity index (χ1) is 12.9. The lowest BCUT2D eigenvalue weighted by atomic mass is 10.2. The quantitative estimate of drug-likeness (QED) is 0.599. The van der Waals surface area contributed by atoms with Crippen molar-refractivity contribution in [3.05, 3.63) is 42.0 Å². The zero-order valence-electron chi connectivity index (χ0n) is 17.1. The molecule has 1 fully saturated rings. The van der Waals surface area contributed by atoms with E-state index >= 15 is 0 Å². The van der Waals surface area contributed by atoms with Gasteiger partial charge in [-0.15, -0.1) is 0 Å². The van der Waals surface area contributed by atoms with Gasteiger partial charge in [-0.3, -0.25) is 14.1 Å². The molecule has 0 aromatic heterocycles. The average molecular weight is 391 g/mol. The third-order valence-corrected chi connectivity index (χ3v) is 6.55. The van der Waals surface area contributed by atoms with E-state index in [2.05, 4.69) is 56.5 Å². The fourth-order valence-corrected chi connectivity index (χ4v) is 3.84. The second-order valence-electron chi connectivity index (χ2n) is 7.74. The monoisotopic (exact) mass is 390 g/mol. The number of guanidine groups is 1. The summed E-state index contributed by atoms with van der Waals surface area (Å²) in [6.45, 7) is 11.7. The van der Waals surface area contributed by atoms with Crippen molar-refractivity contribution in [3.63, 3.8) is 0 Å². The van der Waals surface area contributed by atoms with Crippen molar-refractivity contribution in [2.45, 2.75) is 25.5 Å². The van der Waals surface area contributed by atoms with Crippen LogP contribution in [0.4, 0.5) is 0 Å². The van der Waals surface area contributed by atoms with Crippen LogP contribution in [0.3, 0.4) is 0 Å². The fourth-order valence-electron chi connectivity index (χ4n) is 2.94. The van der Waals surface area contributed by atoms with Crippen LogP contribution in [0.5, 0.6) is 0 Å². The molecule has 0 radical (unpaired) electrons. The van der Waals surface area contributed by atoms with Crippen LogP contribution in [0.2, 0.25) is 0 Å². The number of nitrogens with one attached hydrogen (secondary N) is 1. The molecule has 0 bridgehead atoms. The van der Waals surface area contributed by atoms with E-state index in [4.69, 9.17) is 0 Å². The summed E-state index contributed by atoms with van der Waals surface area (Å²) >= 11 is 0. The van der Waals surface area contributed by atoms with Crippen LogP contribution < -0.4 is 5.32 Å². The molecule has 6 heteroatoms. The van der Waals surface area contributed by atoms with Gasteiger partial charge in [0.15, 0.2) is 5.96 Å². The first kappa shape index (κ1) is 21.6. The van der Waals surface area contributed by atoms with Crippen LogP contribution >= 0.6 is 0 Å². The minimum Gasteiger partial charge on any atom is -0.355 e. The van der Waals surface area contributed by atoms with Crippen molar-refractivity contribution in [1.82, 2.24) is 15.1 Å². The van der Waals surface area contributed by atoms with Gasteiger partial charge in [-0.05, 0) is 26.3 Å². The SMILES string of the molecule is CN=C(NCCS(=O)C(C)(C)C)N1CCN(C/C=C/c2ccccc2)CC1. The molecule has 1 heterocycles. The van der Waals surface area contributed by atoms with E-state index in [1.54, 1.807) is 0 Å². The largest absolute Gasteiger partial charge is 0.355 e. The lowest BCUT2D eigenvalue weighted by Crippen LogP contribution is -2.53. The van der Waals surface area contributed by atoms with Gasteiger partial charge in [0.2, 0.25) is 0 Å². The highest BCUT2D eigenvalue weighted by Gasteiger charge is 2.21. The van der Waals surface area contributed by atoms with Crippen LogP contribution in [-0.2, 0) is 10.8 Å². The minimum absolute atomic E-state index is 0.163. The lowest BCUT2D eigenvalue weighted by molar-refractivity contribution is 0.194. The number of hydrogen-bond donors (Lipinski definition) is 1. The Bertz CT molecular complexity index is 644. The number of aliphatic imine (C=N–C) groups is 1. The Morgan fingerprint density at radius 3 is 2.44 bits per heavy atom. The van der Waals surface area contributed by atoms with Crippen molar-refractivity contribution in [3.8, 4) is 0 Å². The fraction of sp³-hybridized carbons (Fsp3) is 0.571. The van der Waals surface area contributed by atoms with Crippen molar-refractivity contribution in [2.75, 3.05) is 52.1 Å². The van der Waals surface area contributed by atoms with E-state index < -0.39 is 10.8 Å². The summed E-state index contributed by atoms with van der Waals surface area (Å²) in [6.07, 6.45) is 4.42. The first-order valence-electron chi connectivity index (χ1n) is 9.68. The van der Waals surface area contributed by atoms with E-state index in [0.29, 0.717) is 12.3 Å². The van der Waals surface area contributed by atoms with Crippen LogP contribution in [-0.4, -0.2) is 76.8 Å². The average Bonchev–Trinajstić information content (AvgIpc) is 2.66. The zero-order chi connectivity index (χ0) is 19.7. The molecule has 1 aromatic rings. The molecule has 0 aliphatic carbocycles. The summed E-state index contributed by atoms with van der Waals surface area (Å²) < 4.78 is 12.0. The smallest absolute Gasteiger partial charge is 0.193 e. The molecule has 0 amide bonds. The number of hydrogen-bond acceptors (Lipinski definition) is 3. The molecule has 0 saturated carbocycles. The summed E-state index contributed by atoms with van der Waals surface area (Å²) in [5.41, 5.74) is 1.24. The van der Waals surface area contributed by atoms with Crippen molar-refractivity contribution in [2.24, 2.45) is 4.99 Å². The summed E-state index contributed by atoms with van der Waals surface area (Å²) in [6, 6.07) is 10.4. The molecule has 5 nitrogen and oxygen atoms in total. The molecule has 1 saturated heterocycles. The Balaban J connectivity index is 1.71. The maximum Gasteiger partial charge on any atom is 0.193 e. The van der Waals surface area contributed by atoms with Crippen LogP contribution in [0.25, 0.3) is 6.08 Å². The molecule has 2 rings (SSSR count). The van der Waals surface area contributed by atoms with Gasteiger partial charge >= 0.3 is 0 Å². The second-order valence-corrected chi connectivity index (χ2v) is 10.1.